The predicted octanol–water partition coefficient (Wildman–Crippen LogP) is 2.96. The third-order valence-electron chi connectivity index (χ3n) is 3.63. The molecule has 0 unspecified atom stereocenters. The summed E-state index contributed by atoms with van der Waals surface area (Å²) >= 11 is 0. The van der Waals surface area contributed by atoms with Crippen LogP contribution >= 0.6 is 0 Å². The average molecular weight is 300 g/mol. The molecule has 0 atom stereocenters. The van der Waals surface area contributed by atoms with Gasteiger partial charge in [-0.05, 0) is 48.9 Å². The molecule has 2 aromatic carbocycles. The molecule has 0 saturated heterocycles. The van der Waals surface area contributed by atoms with Crippen molar-refractivity contribution in [2.24, 2.45) is 0 Å². The Morgan fingerprint density at radius 1 is 0.955 bits per heavy atom. The van der Waals surface area contributed by atoms with Crippen LogP contribution in [0.15, 0.2) is 42.5 Å². The Labute approximate surface area is 132 Å². The summed E-state index contributed by atoms with van der Waals surface area (Å²) in [5, 5.41) is 0. The lowest BCUT2D eigenvalue weighted by molar-refractivity contribution is 0.327. The molecule has 2 N–H and O–H groups in total. The lowest BCUT2D eigenvalue weighted by Gasteiger charge is -2.18. The van der Waals surface area contributed by atoms with E-state index in [4.69, 9.17) is 15.2 Å². The average Bonchev–Trinajstić information content (AvgIpc) is 2.53. The zero-order chi connectivity index (χ0) is 15.9. The molecular formula is C18H24N2O2. The number of hydrogen-bond donors (Lipinski definition) is 1. The van der Waals surface area contributed by atoms with E-state index in [2.05, 4.69) is 24.1 Å². The minimum Gasteiger partial charge on any atom is -0.493 e. The molecule has 0 aliphatic carbocycles. The normalized spacial score (nSPS) is 10.7. The van der Waals surface area contributed by atoms with Gasteiger partial charge >= 0.3 is 0 Å². The first-order valence-corrected chi connectivity index (χ1v) is 7.36. The molecule has 0 saturated carbocycles. The fourth-order valence-corrected chi connectivity index (χ4v) is 2.44. The summed E-state index contributed by atoms with van der Waals surface area (Å²) in [5.41, 5.74) is 9.09. The number of methoxy groups -OCH3 is 2. The van der Waals surface area contributed by atoms with E-state index in [9.17, 15) is 0 Å². The van der Waals surface area contributed by atoms with E-state index < -0.39 is 0 Å². The van der Waals surface area contributed by atoms with E-state index >= 15 is 0 Å². The highest BCUT2D eigenvalue weighted by Crippen LogP contribution is 2.27. The second-order valence-electron chi connectivity index (χ2n) is 5.42. The van der Waals surface area contributed by atoms with Gasteiger partial charge < -0.3 is 20.1 Å². The Kier molecular flexibility index (Phi) is 5.67. The van der Waals surface area contributed by atoms with Gasteiger partial charge in [0, 0.05) is 18.8 Å². The molecule has 0 aliphatic heterocycles. The highest BCUT2D eigenvalue weighted by Gasteiger charge is 2.07. The van der Waals surface area contributed by atoms with E-state index in [1.807, 2.05) is 30.3 Å². The van der Waals surface area contributed by atoms with Crippen molar-refractivity contribution in [2.45, 2.75) is 13.0 Å². The van der Waals surface area contributed by atoms with Crippen LogP contribution in [0.3, 0.4) is 0 Å². The summed E-state index contributed by atoms with van der Waals surface area (Å²) < 4.78 is 10.6. The van der Waals surface area contributed by atoms with Gasteiger partial charge in [0.1, 0.15) is 0 Å². The Morgan fingerprint density at radius 3 is 2.41 bits per heavy atom. The molecule has 2 rings (SSSR count). The molecule has 0 aliphatic rings. The van der Waals surface area contributed by atoms with Crippen molar-refractivity contribution in [1.29, 1.82) is 0 Å². The zero-order valence-electron chi connectivity index (χ0n) is 13.5. The lowest BCUT2D eigenvalue weighted by Crippen LogP contribution is -2.20. The number of nitrogens with two attached hydrogens (primary N) is 1. The fraction of sp³-hybridized carbons (Fsp3) is 0.333. The maximum Gasteiger partial charge on any atom is 0.161 e. The van der Waals surface area contributed by atoms with Gasteiger partial charge in [-0.25, -0.2) is 0 Å². The number of hydrogen-bond acceptors (Lipinski definition) is 4. The van der Waals surface area contributed by atoms with Crippen LogP contribution in [0.4, 0.5) is 5.69 Å². The Balaban J connectivity index is 1.93. The first-order chi connectivity index (χ1) is 10.6. The summed E-state index contributed by atoms with van der Waals surface area (Å²) in [4.78, 5) is 2.28. The van der Waals surface area contributed by atoms with Gasteiger partial charge in [0.15, 0.2) is 11.5 Å². The Hall–Kier alpha value is -2.20. The topological polar surface area (TPSA) is 47.7 Å². The van der Waals surface area contributed by atoms with E-state index in [-0.39, 0.29) is 0 Å². The third kappa shape index (κ3) is 4.40. The van der Waals surface area contributed by atoms with E-state index in [1.165, 1.54) is 11.1 Å². The van der Waals surface area contributed by atoms with Crippen LogP contribution in [0, 0.1) is 0 Å². The lowest BCUT2D eigenvalue weighted by atomic mass is 10.1. The number of benzene rings is 2. The summed E-state index contributed by atoms with van der Waals surface area (Å²) in [6, 6.07) is 14.1. The molecule has 0 heterocycles. The standard InChI is InChI=1S/C18H24N2O2/c1-20(10-9-14-5-4-6-16(19)11-14)13-15-7-8-17(21-2)18(12-15)22-3/h4-8,11-12H,9-10,13,19H2,1-3H3. The molecule has 0 radical (unpaired) electrons. The first-order valence-electron chi connectivity index (χ1n) is 7.36. The third-order valence-corrected chi connectivity index (χ3v) is 3.63. The van der Waals surface area contributed by atoms with Crippen LogP contribution in [0.1, 0.15) is 11.1 Å². The molecule has 4 nitrogen and oxygen atoms in total. The molecule has 0 bridgehead atoms. The van der Waals surface area contributed by atoms with Crippen LogP contribution < -0.4 is 15.2 Å². The van der Waals surface area contributed by atoms with Crippen molar-refractivity contribution in [3.63, 3.8) is 0 Å². The first kappa shape index (κ1) is 16.2. The van der Waals surface area contributed by atoms with E-state index in [1.54, 1.807) is 14.2 Å². The highest BCUT2D eigenvalue weighted by atomic mass is 16.5. The number of likely N-dealkylation sites (N-methyl/N-ethyl adjacent to an activating group) is 1. The van der Waals surface area contributed by atoms with E-state index in [0.29, 0.717) is 0 Å². The summed E-state index contributed by atoms with van der Waals surface area (Å²) in [6.07, 6.45) is 0.981. The maximum absolute atomic E-state index is 5.81. The van der Waals surface area contributed by atoms with Gasteiger partial charge in [-0.2, -0.15) is 0 Å². The molecule has 0 aromatic heterocycles. The molecular weight excluding hydrogens is 276 g/mol. The Bertz CT molecular complexity index is 614. The zero-order valence-corrected chi connectivity index (χ0v) is 13.5. The maximum atomic E-state index is 5.81. The van der Waals surface area contributed by atoms with Crippen LogP contribution in [-0.2, 0) is 13.0 Å². The number of rotatable bonds is 7. The SMILES string of the molecule is COc1ccc(CN(C)CCc2cccc(N)c2)cc1OC. The number of ether oxygens (including phenoxy) is 2. The van der Waals surface area contributed by atoms with Gasteiger partial charge in [0.25, 0.3) is 0 Å². The van der Waals surface area contributed by atoms with Gasteiger partial charge in [-0.15, -0.1) is 0 Å². The molecule has 2 aromatic rings. The molecule has 0 fully saturated rings. The summed E-state index contributed by atoms with van der Waals surface area (Å²) in [5.74, 6) is 1.53. The van der Waals surface area contributed by atoms with Crippen molar-refractivity contribution in [1.82, 2.24) is 4.90 Å². The smallest absolute Gasteiger partial charge is 0.161 e. The number of nitrogens with zero attached hydrogens (tertiary/aromatic N) is 1. The van der Waals surface area contributed by atoms with Crippen molar-refractivity contribution < 1.29 is 9.47 Å². The van der Waals surface area contributed by atoms with Gasteiger partial charge in [-0.3, -0.25) is 0 Å². The van der Waals surface area contributed by atoms with Crippen molar-refractivity contribution in [2.75, 3.05) is 33.5 Å². The van der Waals surface area contributed by atoms with Crippen molar-refractivity contribution >= 4 is 5.69 Å². The Morgan fingerprint density at radius 2 is 1.73 bits per heavy atom. The molecule has 4 heteroatoms. The number of anilines is 1. The highest BCUT2D eigenvalue weighted by molar-refractivity contribution is 5.43. The molecule has 118 valence electrons. The number of nitrogen functional groups attached to an aromatic ring is 1. The van der Waals surface area contributed by atoms with Crippen molar-refractivity contribution in [3.05, 3.63) is 53.6 Å². The van der Waals surface area contributed by atoms with Crippen LogP contribution in [-0.4, -0.2) is 32.7 Å². The van der Waals surface area contributed by atoms with Crippen LogP contribution in [0.5, 0.6) is 11.5 Å². The largest absolute Gasteiger partial charge is 0.493 e. The van der Waals surface area contributed by atoms with Crippen LogP contribution in [0.25, 0.3) is 0 Å². The van der Waals surface area contributed by atoms with Gasteiger partial charge in [-0.1, -0.05) is 18.2 Å². The fourth-order valence-electron chi connectivity index (χ4n) is 2.44. The summed E-state index contributed by atoms with van der Waals surface area (Å²) in [6.45, 7) is 1.83. The second-order valence-corrected chi connectivity index (χ2v) is 5.42. The molecule has 22 heavy (non-hydrogen) atoms. The summed E-state index contributed by atoms with van der Waals surface area (Å²) in [7, 11) is 5.42. The van der Waals surface area contributed by atoms with Gasteiger partial charge in [0.2, 0.25) is 0 Å². The minimum atomic E-state index is 0.758. The van der Waals surface area contributed by atoms with E-state index in [0.717, 1.165) is 36.7 Å². The van der Waals surface area contributed by atoms with Gasteiger partial charge in [0.05, 0.1) is 14.2 Å². The monoisotopic (exact) mass is 300 g/mol. The van der Waals surface area contributed by atoms with Crippen molar-refractivity contribution in [3.8, 4) is 11.5 Å². The molecule has 0 spiro atoms. The minimum absolute atomic E-state index is 0.758. The predicted molar refractivity (Wildman–Crippen MR) is 90.4 cm³/mol. The molecule has 0 amide bonds. The quantitative estimate of drug-likeness (QED) is 0.799. The van der Waals surface area contributed by atoms with Crippen LogP contribution in [0.2, 0.25) is 0 Å². The second kappa shape index (κ2) is 7.71.